The van der Waals surface area contributed by atoms with Gasteiger partial charge >= 0.3 is 0 Å². The Labute approximate surface area is 143 Å². The molecule has 0 unspecified atom stereocenters. The van der Waals surface area contributed by atoms with Crippen LogP contribution in [0.1, 0.15) is 105 Å². The van der Waals surface area contributed by atoms with E-state index in [0.29, 0.717) is 18.6 Å². The molecule has 2 heteroatoms. The van der Waals surface area contributed by atoms with Gasteiger partial charge < -0.3 is 5.41 Å². The van der Waals surface area contributed by atoms with Crippen LogP contribution in [0.25, 0.3) is 0 Å². The second-order valence-corrected chi connectivity index (χ2v) is 7.40. The molecule has 1 rings (SSSR count). The second-order valence-electron chi connectivity index (χ2n) is 7.40. The first-order chi connectivity index (χ1) is 11.0. The summed E-state index contributed by atoms with van der Waals surface area (Å²) in [6.45, 7) is 8.69. The Morgan fingerprint density at radius 1 is 0.957 bits per heavy atom. The van der Waals surface area contributed by atoms with Gasteiger partial charge in [0.1, 0.15) is 0 Å². The van der Waals surface area contributed by atoms with E-state index in [2.05, 4.69) is 20.8 Å². The van der Waals surface area contributed by atoms with Crippen LogP contribution in [0.3, 0.4) is 0 Å². The summed E-state index contributed by atoms with van der Waals surface area (Å²) in [7, 11) is 0. The van der Waals surface area contributed by atoms with Gasteiger partial charge in [-0.25, -0.2) is 0 Å². The minimum absolute atomic E-state index is 0.179. The molecule has 2 nitrogen and oxygen atoms in total. The Bertz CT molecular complexity index is 427. The molecule has 0 atom stereocenters. The summed E-state index contributed by atoms with van der Waals surface area (Å²) in [6.07, 6.45) is 13.0. The van der Waals surface area contributed by atoms with E-state index in [0.717, 1.165) is 44.1 Å². The standard InChI is InChI=1S/C21H37NO/c1-5-9-10-11-12-17-15-21(13-6-2,14-7-3)16-19(23)20(17)18(22)8-4/h22H,5-16H2,1-4H3. The number of Topliss-reactive ketones (excluding diaryl/α,β-unsaturated/α-hetero) is 1. The van der Waals surface area contributed by atoms with Crippen molar-refractivity contribution >= 4 is 11.5 Å². The predicted octanol–water partition coefficient (Wildman–Crippen LogP) is 6.63. The monoisotopic (exact) mass is 319 g/mol. The summed E-state index contributed by atoms with van der Waals surface area (Å²) in [6, 6.07) is 0. The van der Waals surface area contributed by atoms with E-state index in [9.17, 15) is 4.79 Å². The van der Waals surface area contributed by atoms with Crippen LogP contribution in [0.4, 0.5) is 0 Å². The predicted molar refractivity (Wildman–Crippen MR) is 100 cm³/mol. The Morgan fingerprint density at radius 2 is 1.61 bits per heavy atom. The molecule has 0 fully saturated rings. The lowest BCUT2D eigenvalue weighted by Crippen LogP contribution is -2.33. The fourth-order valence-corrected chi connectivity index (χ4v) is 4.31. The van der Waals surface area contributed by atoms with Crippen molar-refractivity contribution in [2.45, 2.75) is 105 Å². The molecule has 0 amide bonds. The average molecular weight is 320 g/mol. The van der Waals surface area contributed by atoms with Gasteiger partial charge in [-0.05, 0) is 43.9 Å². The normalized spacial score (nSPS) is 17.7. The minimum atomic E-state index is 0.179. The summed E-state index contributed by atoms with van der Waals surface area (Å²) in [5, 5.41) is 8.26. The van der Waals surface area contributed by atoms with E-state index in [1.54, 1.807) is 0 Å². The van der Waals surface area contributed by atoms with Crippen molar-refractivity contribution in [2.75, 3.05) is 0 Å². The maximum Gasteiger partial charge on any atom is 0.165 e. The van der Waals surface area contributed by atoms with Gasteiger partial charge in [-0.1, -0.05) is 65.4 Å². The van der Waals surface area contributed by atoms with Crippen LogP contribution in [0, 0.1) is 10.8 Å². The molecule has 0 heterocycles. The molecule has 132 valence electrons. The first-order valence-corrected chi connectivity index (χ1v) is 9.86. The number of carbonyl (C=O) groups is 1. The number of hydrogen-bond acceptors (Lipinski definition) is 2. The van der Waals surface area contributed by atoms with Crippen molar-refractivity contribution in [1.82, 2.24) is 0 Å². The maximum atomic E-state index is 12.9. The maximum absolute atomic E-state index is 12.9. The molecule has 0 aliphatic heterocycles. The number of ketones is 1. The molecule has 0 aromatic heterocycles. The molecule has 0 saturated carbocycles. The zero-order chi connectivity index (χ0) is 17.3. The number of unbranched alkanes of at least 4 members (excludes halogenated alkanes) is 3. The van der Waals surface area contributed by atoms with Gasteiger partial charge in [-0.3, -0.25) is 4.79 Å². The van der Waals surface area contributed by atoms with Crippen molar-refractivity contribution in [1.29, 1.82) is 5.41 Å². The van der Waals surface area contributed by atoms with Crippen LogP contribution in [0.5, 0.6) is 0 Å². The number of allylic oxidation sites excluding steroid dienone is 2. The summed E-state index contributed by atoms with van der Waals surface area (Å²) in [4.78, 5) is 12.9. The van der Waals surface area contributed by atoms with Gasteiger partial charge in [-0.2, -0.15) is 0 Å². The summed E-state index contributed by atoms with van der Waals surface area (Å²) >= 11 is 0. The average Bonchev–Trinajstić information content (AvgIpc) is 2.51. The van der Waals surface area contributed by atoms with Crippen LogP contribution in [0.15, 0.2) is 11.1 Å². The number of rotatable bonds is 11. The third kappa shape index (κ3) is 5.58. The fourth-order valence-electron chi connectivity index (χ4n) is 4.31. The van der Waals surface area contributed by atoms with Crippen molar-refractivity contribution in [3.63, 3.8) is 0 Å². The molecule has 1 aliphatic carbocycles. The third-order valence-corrected chi connectivity index (χ3v) is 5.30. The van der Waals surface area contributed by atoms with Gasteiger partial charge in [0, 0.05) is 17.7 Å². The number of hydrogen-bond donors (Lipinski definition) is 1. The third-order valence-electron chi connectivity index (χ3n) is 5.30. The van der Waals surface area contributed by atoms with Crippen LogP contribution >= 0.6 is 0 Å². The number of nitrogens with one attached hydrogen (secondary N) is 1. The first-order valence-electron chi connectivity index (χ1n) is 9.86. The Kier molecular flexibility index (Phi) is 8.79. The molecule has 0 bridgehead atoms. The molecule has 23 heavy (non-hydrogen) atoms. The summed E-state index contributed by atoms with van der Waals surface area (Å²) < 4.78 is 0. The molecule has 0 saturated heterocycles. The molecule has 1 N–H and O–H groups in total. The molecule has 0 spiro atoms. The van der Waals surface area contributed by atoms with Crippen molar-refractivity contribution in [2.24, 2.45) is 5.41 Å². The molecule has 0 radical (unpaired) electrons. The summed E-state index contributed by atoms with van der Waals surface area (Å²) in [5.41, 5.74) is 2.87. The van der Waals surface area contributed by atoms with Gasteiger partial charge in [-0.15, -0.1) is 0 Å². The highest BCUT2D eigenvalue weighted by Crippen LogP contribution is 2.46. The van der Waals surface area contributed by atoms with Gasteiger partial charge in [0.25, 0.3) is 0 Å². The largest absolute Gasteiger partial charge is 0.305 e. The lowest BCUT2D eigenvalue weighted by Gasteiger charge is -2.39. The SMILES string of the molecule is CCCCCCC1=C(C(=N)CC)C(=O)CC(CCC)(CCC)C1. The zero-order valence-electron chi connectivity index (χ0n) is 15.9. The Morgan fingerprint density at radius 3 is 2.13 bits per heavy atom. The van der Waals surface area contributed by atoms with E-state index >= 15 is 0 Å². The van der Waals surface area contributed by atoms with Gasteiger partial charge in [0.05, 0.1) is 0 Å². The fraction of sp³-hybridized carbons (Fsp3) is 0.810. The molecular formula is C21H37NO. The molecule has 0 aromatic carbocycles. The van der Waals surface area contributed by atoms with Crippen LogP contribution in [-0.2, 0) is 4.79 Å². The van der Waals surface area contributed by atoms with E-state index in [1.807, 2.05) is 6.92 Å². The van der Waals surface area contributed by atoms with Crippen molar-refractivity contribution in [3.8, 4) is 0 Å². The van der Waals surface area contributed by atoms with E-state index < -0.39 is 0 Å². The van der Waals surface area contributed by atoms with Crippen LogP contribution in [0.2, 0.25) is 0 Å². The Balaban J connectivity index is 3.03. The molecular weight excluding hydrogens is 282 g/mol. The van der Waals surface area contributed by atoms with Crippen LogP contribution in [-0.4, -0.2) is 11.5 Å². The topological polar surface area (TPSA) is 40.9 Å². The van der Waals surface area contributed by atoms with Gasteiger partial charge in [0.15, 0.2) is 5.78 Å². The number of carbonyl (C=O) groups excluding carboxylic acids is 1. The van der Waals surface area contributed by atoms with Crippen LogP contribution < -0.4 is 0 Å². The smallest absolute Gasteiger partial charge is 0.165 e. The molecule has 0 aromatic rings. The van der Waals surface area contributed by atoms with E-state index in [4.69, 9.17) is 5.41 Å². The van der Waals surface area contributed by atoms with E-state index in [-0.39, 0.29) is 11.2 Å². The summed E-state index contributed by atoms with van der Waals surface area (Å²) in [5.74, 6) is 0.260. The van der Waals surface area contributed by atoms with Crippen molar-refractivity contribution < 1.29 is 4.79 Å². The molecule has 1 aliphatic rings. The van der Waals surface area contributed by atoms with E-state index in [1.165, 1.54) is 31.3 Å². The quantitative estimate of drug-likeness (QED) is 0.337. The highest BCUT2D eigenvalue weighted by molar-refractivity contribution is 6.22. The zero-order valence-corrected chi connectivity index (χ0v) is 15.9. The Hall–Kier alpha value is -0.920. The minimum Gasteiger partial charge on any atom is -0.305 e. The highest BCUT2D eigenvalue weighted by Gasteiger charge is 2.38. The lowest BCUT2D eigenvalue weighted by molar-refractivity contribution is -0.118. The first kappa shape index (κ1) is 20.1. The van der Waals surface area contributed by atoms with Gasteiger partial charge in [0.2, 0.25) is 0 Å². The second kappa shape index (κ2) is 10.1. The highest BCUT2D eigenvalue weighted by atomic mass is 16.1. The van der Waals surface area contributed by atoms with Crippen molar-refractivity contribution in [3.05, 3.63) is 11.1 Å². The lowest BCUT2D eigenvalue weighted by atomic mass is 9.65.